The number of thioether (sulfide) groups is 1. The fourth-order valence-corrected chi connectivity index (χ4v) is 5.29. The third-order valence-corrected chi connectivity index (χ3v) is 6.97. The zero-order valence-corrected chi connectivity index (χ0v) is 17.6. The average molecular weight is 435 g/mol. The van der Waals surface area contributed by atoms with Gasteiger partial charge < -0.3 is 24.3 Å². The molecule has 2 aromatic rings. The quantitative estimate of drug-likeness (QED) is 0.675. The van der Waals surface area contributed by atoms with Crippen LogP contribution in [-0.2, 0) is 24.4 Å². The Hall–Kier alpha value is -1.90. The molecule has 29 heavy (non-hydrogen) atoms. The van der Waals surface area contributed by atoms with Crippen molar-refractivity contribution in [2.75, 3.05) is 19.1 Å². The van der Waals surface area contributed by atoms with E-state index < -0.39 is 0 Å². The average Bonchev–Trinajstić information content (AvgIpc) is 3.45. The van der Waals surface area contributed by atoms with Gasteiger partial charge in [0.15, 0.2) is 16.7 Å². The summed E-state index contributed by atoms with van der Waals surface area (Å²) >= 11 is 8.12. The number of nitrogens with zero attached hydrogens (tertiary/aromatic N) is 3. The second kappa shape index (κ2) is 8.08. The van der Waals surface area contributed by atoms with E-state index in [1.165, 1.54) is 0 Å². The van der Waals surface area contributed by atoms with Crippen LogP contribution in [0, 0.1) is 0 Å². The highest BCUT2D eigenvalue weighted by Gasteiger charge is 2.31. The van der Waals surface area contributed by atoms with Gasteiger partial charge in [0.05, 0.1) is 12.2 Å². The summed E-state index contributed by atoms with van der Waals surface area (Å²) < 4.78 is 13.0. The summed E-state index contributed by atoms with van der Waals surface area (Å²) in [5.41, 5.74) is 1.98. The highest BCUT2D eigenvalue weighted by molar-refractivity contribution is 7.99. The third-order valence-electron chi connectivity index (χ3n) is 5.65. The van der Waals surface area contributed by atoms with Crippen LogP contribution < -0.4 is 14.8 Å². The van der Waals surface area contributed by atoms with E-state index in [1.54, 1.807) is 17.8 Å². The number of carbonyl (C=O) groups excluding carboxylic acids is 1. The van der Waals surface area contributed by atoms with Gasteiger partial charge in [-0.3, -0.25) is 4.79 Å². The molecule has 1 unspecified atom stereocenters. The van der Waals surface area contributed by atoms with Gasteiger partial charge in [-0.25, -0.2) is 4.98 Å². The van der Waals surface area contributed by atoms with Gasteiger partial charge in [-0.1, -0.05) is 23.4 Å². The minimum Gasteiger partial charge on any atom is -0.454 e. The van der Waals surface area contributed by atoms with Crippen molar-refractivity contribution in [3.05, 3.63) is 34.6 Å². The van der Waals surface area contributed by atoms with Gasteiger partial charge in [0.1, 0.15) is 0 Å². The van der Waals surface area contributed by atoms with Crippen LogP contribution in [0.4, 0.5) is 0 Å². The summed E-state index contributed by atoms with van der Waals surface area (Å²) in [6.07, 6.45) is 4.54. The molecule has 154 valence electrons. The van der Waals surface area contributed by atoms with Crippen molar-refractivity contribution in [1.82, 2.24) is 19.8 Å². The van der Waals surface area contributed by atoms with Gasteiger partial charge in [0, 0.05) is 48.6 Å². The molecule has 3 aliphatic heterocycles. The number of fused-ring (bicyclic) bond motifs is 2. The topological polar surface area (TPSA) is 68.6 Å². The smallest absolute Gasteiger partial charge is 0.231 e. The van der Waals surface area contributed by atoms with Gasteiger partial charge in [-0.2, -0.15) is 0 Å². The molecule has 1 amide bonds. The lowest BCUT2D eigenvalue weighted by Crippen LogP contribution is -2.34. The third kappa shape index (κ3) is 3.93. The maximum atomic E-state index is 12.4. The monoisotopic (exact) mass is 434 g/mol. The van der Waals surface area contributed by atoms with Gasteiger partial charge in [-0.15, -0.1) is 0 Å². The number of hydrogen-bond acceptors (Lipinski definition) is 6. The number of aryl methyl sites for hydroxylation is 1. The van der Waals surface area contributed by atoms with Gasteiger partial charge in [0.25, 0.3) is 0 Å². The molecular weight excluding hydrogens is 412 g/mol. The Bertz CT molecular complexity index is 913. The predicted molar refractivity (Wildman–Crippen MR) is 110 cm³/mol. The Morgan fingerprint density at radius 3 is 3.03 bits per heavy atom. The minimum atomic E-state index is 0.231. The van der Waals surface area contributed by atoms with Crippen LogP contribution in [0.1, 0.15) is 30.5 Å². The molecule has 1 saturated heterocycles. The van der Waals surface area contributed by atoms with E-state index in [4.69, 9.17) is 21.1 Å². The Labute approximate surface area is 178 Å². The fourth-order valence-electron chi connectivity index (χ4n) is 4.11. The number of nitrogens with one attached hydrogen (secondary N) is 1. The number of carbonyl (C=O) groups is 1. The first kappa shape index (κ1) is 19.1. The second-order valence-electron chi connectivity index (χ2n) is 7.53. The summed E-state index contributed by atoms with van der Waals surface area (Å²) in [6.45, 7) is 3.33. The summed E-state index contributed by atoms with van der Waals surface area (Å²) in [6, 6.07) is 3.99. The lowest BCUT2D eigenvalue weighted by Gasteiger charge is -2.24. The maximum absolute atomic E-state index is 12.4. The van der Waals surface area contributed by atoms with Crippen LogP contribution in [0.3, 0.4) is 0 Å². The van der Waals surface area contributed by atoms with Crippen LogP contribution in [0.2, 0.25) is 5.02 Å². The molecule has 0 radical (unpaired) electrons. The van der Waals surface area contributed by atoms with E-state index in [9.17, 15) is 4.79 Å². The highest BCUT2D eigenvalue weighted by atomic mass is 35.5. The molecule has 1 aromatic carbocycles. The van der Waals surface area contributed by atoms with E-state index in [0.29, 0.717) is 30.3 Å². The molecular formula is C20H23ClN4O3S. The summed E-state index contributed by atoms with van der Waals surface area (Å²) in [5.74, 6) is 2.76. The zero-order valence-electron chi connectivity index (χ0n) is 16.0. The first-order valence-electron chi connectivity index (χ1n) is 9.94. The van der Waals surface area contributed by atoms with Crippen molar-refractivity contribution in [2.45, 2.75) is 50.1 Å². The Kier molecular flexibility index (Phi) is 5.32. The fraction of sp³-hybridized carbons (Fsp3) is 0.500. The molecule has 3 aliphatic rings. The van der Waals surface area contributed by atoms with Crippen LogP contribution >= 0.6 is 23.4 Å². The molecule has 7 nitrogen and oxygen atoms in total. The summed E-state index contributed by atoms with van der Waals surface area (Å²) in [4.78, 5) is 19.1. The molecule has 0 aliphatic carbocycles. The molecule has 0 spiro atoms. The van der Waals surface area contributed by atoms with E-state index in [0.717, 1.165) is 53.8 Å². The first-order valence-corrected chi connectivity index (χ1v) is 11.3. The van der Waals surface area contributed by atoms with Gasteiger partial charge in [0.2, 0.25) is 12.7 Å². The van der Waals surface area contributed by atoms with Crippen molar-refractivity contribution in [3.8, 4) is 11.5 Å². The number of hydrogen-bond donors (Lipinski definition) is 1. The molecule has 1 fully saturated rings. The lowest BCUT2D eigenvalue weighted by atomic mass is 10.1. The van der Waals surface area contributed by atoms with Crippen molar-refractivity contribution in [3.63, 3.8) is 0 Å². The van der Waals surface area contributed by atoms with E-state index in [-0.39, 0.29) is 18.7 Å². The highest BCUT2D eigenvalue weighted by Crippen LogP contribution is 2.36. The molecule has 0 saturated carbocycles. The van der Waals surface area contributed by atoms with Crippen molar-refractivity contribution >= 4 is 29.3 Å². The van der Waals surface area contributed by atoms with Crippen molar-refractivity contribution < 1.29 is 14.3 Å². The molecule has 0 bridgehead atoms. The number of aromatic nitrogens is 2. The minimum absolute atomic E-state index is 0.231. The maximum Gasteiger partial charge on any atom is 0.231 e. The normalized spacial score (nSPS) is 20.0. The molecule has 1 aromatic heterocycles. The Balaban J connectivity index is 1.14. The Morgan fingerprint density at radius 1 is 1.31 bits per heavy atom. The molecule has 5 rings (SSSR count). The molecule has 1 N–H and O–H groups in total. The molecule has 9 heteroatoms. The predicted octanol–water partition coefficient (Wildman–Crippen LogP) is 3.04. The van der Waals surface area contributed by atoms with Crippen LogP contribution in [-0.4, -0.2) is 45.5 Å². The van der Waals surface area contributed by atoms with Crippen molar-refractivity contribution in [1.29, 1.82) is 0 Å². The van der Waals surface area contributed by atoms with Crippen LogP contribution in [0.15, 0.2) is 23.5 Å². The van der Waals surface area contributed by atoms with E-state index in [2.05, 4.69) is 21.1 Å². The number of halogens is 1. The largest absolute Gasteiger partial charge is 0.454 e. The number of ether oxygens (including phenoxy) is 2. The second-order valence-corrected chi connectivity index (χ2v) is 9.00. The first-order chi connectivity index (χ1) is 14.2. The number of imidazole rings is 1. The summed E-state index contributed by atoms with van der Waals surface area (Å²) in [5, 5.41) is 5.20. The number of rotatable bonds is 7. The van der Waals surface area contributed by atoms with Gasteiger partial charge >= 0.3 is 0 Å². The summed E-state index contributed by atoms with van der Waals surface area (Å²) in [7, 11) is 0. The number of amides is 1. The van der Waals surface area contributed by atoms with Crippen molar-refractivity contribution in [2.24, 2.45) is 0 Å². The van der Waals surface area contributed by atoms with E-state index in [1.807, 2.05) is 11.0 Å². The SMILES string of the molecule is O=C1CCC(CCNCc2cc3c(cc2Cl)OCO3)N1Cc1cn2c(n1)SCC2. The van der Waals surface area contributed by atoms with E-state index >= 15 is 0 Å². The standard InChI is InChI=1S/C20H23ClN4O3S/c21-16-8-18-17(27-12-28-18)7-13(16)9-22-4-3-15-1-2-19(26)25(15)11-14-10-24-5-6-29-20(24)23-14/h7-8,10,15,22H,1-6,9,11-12H2. The number of benzene rings is 1. The van der Waals surface area contributed by atoms with Crippen LogP contribution in [0.5, 0.6) is 11.5 Å². The number of likely N-dealkylation sites (tertiary alicyclic amines) is 1. The zero-order chi connectivity index (χ0) is 19.8. The lowest BCUT2D eigenvalue weighted by molar-refractivity contribution is -0.129. The van der Waals surface area contributed by atoms with Crippen LogP contribution in [0.25, 0.3) is 0 Å². The Morgan fingerprint density at radius 2 is 2.17 bits per heavy atom. The van der Waals surface area contributed by atoms with Gasteiger partial charge in [-0.05, 0) is 31.0 Å². The molecule has 1 atom stereocenters. The molecule has 4 heterocycles.